The second-order valence-corrected chi connectivity index (χ2v) is 15.0. The predicted molar refractivity (Wildman–Crippen MR) is 145 cm³/mol. The molecule has 31 N–H and O–H groups in total. The van der Waals surface area contributed by atoms with Crippen molar-refractivity contribution < 1.29 is 71.8 Å². The molecule has 0 heterocycles. The van der Waals surface area contributed by atoms with Gasteiger partial charge in [-0.2, -0.15) is 0 Å². The highest BCUT2D eigenvalue weighted by Crippen LogP contribution is 2.42. The van der Waals surface area contributed by atoms with Crippen LogP contribution in [0.15, 0.2) is 0 Å². The van der Waals surface area contributed by atoms with E-state index in [1.54, 1.807) is 0 Å². The first-order chi connectivity index (χ1) is 13.9. The van der Waals surface area contributed by atoms with E-state index >= 15 is 0 Å². The molecule has 0 radical (unpaired) electrons. The fraction of sp³-hybridized carbons (Fsp3) is 1.00. The molecular formula is C9H49N10O15P5. The quantitative estimate of drug-likeness (QED) is 0.0835. The SMILES string of the molecule is N.N.N.N.N.N.N.O=P(O)(O)CN(CCN(CP(=O)(O)O)CP(=O)(O)O)CCN(CP(=O)(O)O)CP(=O)(O)O. The summed E-state index contributed by atoms with van der Waals surface area (Å²) in [6, 6.07) is 0. The molecule has 0 amide bonds. The largest absolute Gasteiger partial charge is 0.344 e. The van der Waals surface area contributed by atoms with Gasteiger partial charge in [0.25, 0.3) is 0 Å². The molecule has 0 spiro atoms. The van der Waals surface area contributed by atoms with Crippen LogP contribution in [0.4, 0.5) is 0 Å². The third-order valence-corrected chi connectivity index (χ3v) is 7.23. The highest BCUT2D eigenvalue weighted by atomic mass is 31.2. The van der Waals surface area contributed by atoms with Crippen LogP contribution in [0.3, 0.4) is 0 Å². The lowest BCUT2D eigenvalue weighted by atomic mass is 10.4. The van der Waals surface area contributed by atoms with E-state index in [1.807, 2.05) is 0 Å². The predicted octanol–water partition coefficient (Wildman–Crippen LogP) is -1.30. The third kappa shape index (κ3) is 40.6. The summed E-state index contributed by atoms with van der Waals surface area (Å²) in [6.45, 7) is -1.78. The van der Waals surface area contributed by atoms with Crippen LogP contribution in [0.5, 0.6) is 0 Å². The standard InChI is InChI=1S/C9H28N3O15P5.7H3N/c13-28(14,15)5-10(1-3-11(6-29(16,17)18)7-30(19,20)21)2-4-12(8-31(22,23)24)9-32(25,26)27;;;;;;;/h1-9H2,(H2,13,14,15)(H2,16,17,18)(H2,19,20,21)(H2,22,23,24)(H2,25,26,27);7*1H3. The molecule has 0 aromatic rings. The van der Waals surface area contributed by atoms with Gasteiger partial charge in [-0.1, -0.05) is 0 Å². The number of nitrogens with zero attached hydrogens (tertiary/aromatic N) is 3. The van der Waals surface area contributed by atoms with Crippen LogP contribution in [-0.2, 0) is 22.8 Å². The first-order valence-electron chi connectivity index (χ1n) is 8.34. The molecule has 0 bridgehead atoms. The molecule has 0 rings (SSSR count). The lowest BCUT2D eigenvalue weighted by Crippen LogP contribution is -2.41. The van der Waals surface area contributed by atoms with Gasteiger partial charge in [0, 0.05) is 26.2 Å². The maximum Gasteiger partial charge on any atom is 0.339 e. The van der Waals surface area contributed by atoms with E-state index < -0.39 is 95.6 Å². The lowest BCUT2D eigenvalue weighted by molar-refractivity contribution is 0.198. The first kappa shape index (κ1) is 58.9. The van der Waals surface area contributed by atoms with Crippen LogP contribution in [0.2, 0.25) is 0 Å². The Balaban J connectivity index is -0.000000229. The molecule has 250 valence electrons. The van der Waals surface area contributed by atoms with Crippen molar-refractivity contribution in [3.63, 3.8) is 0 Å². The Labute approximate surface area is 225 Å². The first-order valence-corrected chi connectivity index (χ1v) is 17.3. The fourth-order valence-corrected chi connectivity index (χ4v) is 6.66. The molecule has 0 atom stereocenters. The minimum Gasteiger partial charge on any atom is -0.344 e. The van der Waals surface area contributed by atoms with Crippen LogP contribution < -0.4 is 43.1 Å². The van der Waals surface area contributed by atoms with Gasteiger partial charge in [0.05, 0.1) is 0 Å². The molecule has 0 unspecified atom stereocenters. The summed E-state index contributed by atoms with van der Waals surface area (Å²) in [5.41, 5.74) is 0. The molecule has 25 nitrogen and oxygen atoms in total. The van der Waals surface area contributed by atoms with Crippen LogP contribution in [-0.4, -0.2) is 121 Å². The van der Waals surface area contributed by atoms with Crippen molar-refractivity contribution in [1.29, 1.82) is 0 Å². The van der Waals surface area contributed by atoms with Crippen LogP contribution in [0.1, 0.15) is 0 Å². The molecule has 0 saturated carbocycles. The number of hydrogen-bond acceptors (Lipinski definition) is 15. The molecule has 0 aliphatic rings. The average Bonchev–Trinajstić information content (AvgIpc) is 2.41. The molecule has 0 aliphatic heterocycles. The summed E-state index contributed by atoms with van der Waals surface area (Å²) < 4.78 is 56.1. The Kier molecular flexibility index (Phi) is 34.6. The van der Waals surface area contributed by atoms with Crippen molar-refractivity contribution >= 4 is 38.0 Å². The van der Waals surface area contributed by atoms with E-state index in [9.17, 15) is 32.6 Å². The molecule has 30 heteroatoms. The van der Waals surface area contributed by atoms with Gasteiger partial charge in [-0.05, 0) is 0 Å². The van der Waals surface area contributed by atoms with Gasteiger partial charge < -0.3 is 92.0 Å². The van der Waals surface area contributed by atoms with Crippen molar-refractivity contribution in [2.24, 2.45) is 0 Å². The zero-order valence-corrected chi connectivity index (χ0v) is 25.9. The third-order valence-electron chi connectivity index (χ3n) is 3.39. The van der Waals surface area contributed by atoms with E-state index in [1.165, 1.54) is 0 Å². The molecule has 0 aromatic heterocycles. The van der Waals surface area contributed by atoms with Crippen molar-refractivity contribution in [3.05, 3.63) is 0 Å². The Morgan fingerprint density at radius 3 is 0.590 bits per heavy atom. The van der Waals surface area contributed by atoms with Gasteiger partial charge in [0.1, 0.15) is 31.4 Å². The Bertz CT molecular complexity index is 738. The smallest absolute Gasteiger partial charge is 0.339 e. The van der Waals surface area contributed by atoms with Crippen molar-refractivity contribution in [2.45, 2.75) is 0 Å². The van der Waals surface area contributed by atoms with Gasteiger partial charge in [-0.15, -0.1) is 0 Å². The molecule has 0 aliphatic carbocycles. The zero-order valence-electron chi connectivity index (χ0n) is 21.4. The average molecular weight is 692 g/mol. The molecule has 0 saturated heterocycles. The summed E-state index contributed by atoms with van der Waals surface area (Å²) >= 11 is 0. The van der Waals surface area contributed by atoms with Crippen molar-refractivity contribution in [1.82, 2.24) is 57.8 Å². The second-order valence-electron chi connectivity index (χ2n) is 6.94. The number of hydrogen-bond donors (Lipinski definition) is 17. The topological polar surface area (TPSA) is 542 Å². The van der Waals surface area contributed by atoms with Crippen molar-refractivity contribution in [3.8, 4) is 0 Å². The highest BCUT2D eigenvalue weighted by Gasteiger charge is 2.29. The Morgan fingerprint density at radius 1 is 0.308 bits per heavy atom. The van der Waals surface area contributed by atoms with Crippen LogP contribution >= 0.6 is 38.0 Å². The minimum absolute atomic E-state index is 0. The van der Waals surface area contributed by atoms with Gasteiger partial charge >= 0.3 is 38.0 Å². The monoisotopic (exact) mass is 692 g/mol. The normalized spacial score (nSPS) is 12.0. The Morgan fingerprint density at radius 2 is 0.436 bits per heavy atom. The fourth-order valence-electron chi connectivity index (χ4n) is 2.49. The summed E-state index contributed by atoms with van der Waals surface area (Å²) in [6.07, 6.45) is -5.21. The Hall–Kier alpha value is 0.350. The van der Waals surface area contributed by atoms with E-state index in [4.69, 9.17) is 39.1 Å². The van der Waals surface area contributed by atoms with Gasteiger partial charge in [0.2, 0.25) is 0 Å². The second kappa shape index (κ2) is 22.9. The summed E-state index contributed by atoms with van der Waals surface area (Å²) in [5.74, 6) is 0. The molecular weight excluding hydrogens is 643 g/mol. The van der Waals surface area contributed by atoms with Crippen LogP contribution in [0.25, 0.3) is 0 Å². The van der Waals surface area contributed by atoms with Crippen LogP contribution in [0, 0.1) is 0 Å². The summed E-state index contributed by atoms with van der Waals surface area (Å²) in [7, 11) is -23.8. The van der Waals surface area contributed by atoms with Gasteiger partial charge in [0.15, 0.2) is 0 Å². The summed E-state index contributed by atoms with van der Waals surface area (Å²) in [4.78, 5) is 93.2. The van der Waals surface area contributed by atoms with E-state index in [0.717, 1.165) is 4.90 Å². The lowest BCUT2D eigenvalue weighted by Gasteiger charge is -2.30. The maximum absolute atomic E-state index is 11.4. The van der Waals surface area contributed by atoms with E-state index in [-0.39, 0.29) is 43.1 Å². The van der Waals surface area contributed by atoms with E-state index in [0.29, 0.717) is 9.80 Å². The molecule has 0 fully saturated rings. The van der Waals surface area contributed by atoms with Crippen molar-refractivity contribution in [2.75, 3.05) is 57.6 Å². The van der Waals surface area contributed by atoms with Gasteiger partial charge in [-0.3, -0.25) is 37.5 Å². The molecule has 39 heavy (non-hydrogen) atoms. The van der Waals surface area contributed by atoms with Gasteiger partial charge in [-0.25, -0.2) is 0 Å². The highest BCUT2D eigenvalue weighted by molar-refractivity contribution is 7.53. The van der Waals surface area contributed by atoms with E-state index in [2.05, 4.69) is 0 Å². The molecule has 0 aromatic carbocycles. The minimum atomic E-state index is -4.76. The number of rotatable bonds is 16. The summed E-state index contributed by atoms with van der Waals surface area (Å²) in [5, 5.41) is 0. The zero-order chi connectivity index (χ0) is 25.6. The maximum atomic E-state index is 11.4.